The number of rotatable bonds is 7. The lowest BCUT2D eigenvalue weighted by Crippen LogP contribution is -2.35. The van der Waals surface area contributed by atoms with Crippen LogP contribution in [0, 0.1) is 18.3 Å². The Bertz CT molecular complexity index is 1190. The van der Waals surface area contributed by atoms with Gasteiger partial charge in [-0.3, -0.25) is 9.59 Å². The van der Waals surface area contributed by atoms with Gasteiger partial charge in [0, 0.05) is 37.0 Å². The van der Waals surface area contributed by atoms with E-state index in [2.05, 4.69) is 16.4 Å². The fourth-order valence-electron chi connectivity index (χ4n) is 4.15. The van der Waals surface area contributed by atoms with Crippen LogP contribution in [0.5, 0.6) is 0 Å². The molecular weight excluding hydrogens is 434 g/mol. The zero-order chi connectivity index (χ0) is 23.4. The molecule has 2 aromatic heterocycles. The van der Waals surface area contributed by atoms with Gasteiger partial charge in [-0.1, -0.05) is 37.3 Å². The molecule has 2 amide bonds. The summed E-state index contributed by atoms with van der Waals surface area (Å²) in [5, 5.41) is 13.3. The Hall–Kier alpha value is -3.44. The van der Waals surface area contributed by atoms with Crippen LogP contribution in [-0.2, 0) is 29.1 Å². The zero-order valence-electron chi connectivity index (χ0n) is 18.9. The van der Waals surface area contributed by atoms with Crippen molar-refractivity contribution in [1.29, 1.82) is 5.26 Å². The summed E-state index contributed by atoms with van der Waals surface area (Å²) in [4.78, 5) is 32.4. The third kappa shape index (κ3) is 5.32. The normalized spacial score (nSPS) is 13.8. The summed E-state index contributed by atoms with van der Waals surface area (Å²) < 4.78 is 1.92. The molecule has 1 aliphatic heterocycles. The van der Waals surface area contributed by atoms with Gasteiger partial charge < -0.3 is 14.8 Å². The fraction of sp³-hybridized carbons (Fsp3) is 0.360. The highest BCUT2D eigenvalue weighted by atomic mass is 32.1. The Balaban J connectivity index is 1.39. The summed E-state index contributed by atoms with van der Waals surface area (Å²) in [6.07, 6.45) is 5.04. The van der Waals surface area contributed by atoms with Crippen molar-refractivity contribution in [3.05, 3.63) is 70.1 Å². The van der Waals surface area contributed by atoms with E-state index in [4.69, 9.17) is 0 Å². The molecule has 0 saturated heterocycles. The highest BCUT2D eigenvalue weighted by Gasteiger charge is 2.27. The maximum atomic E-state index is 12.7. The van der Waals surface area contributed by atoms with Crippen molar-refractivity contribution < 1.29 is 9.59 Å². The first-order valence-corrected chi connectivity index (χ1v) is 11.9. The number of nitrogens with zero attached hydrogens (tertiary/aromatic N) is 4. The molecule has 4 rings (SSSR count). The molecular formula is C25H27N5O2S. The van der Waals surface area contributed by atoms with E-state index in [1.54, 1.807) is 6.33 Å². The number of carbonyl (C=O) groups is 2. The minimum atomic E-state index is -0.106. The first kappa shape index (κ1) is 22.7. The number of amides is 2. The van der Waals surface area contributed by atoms with Gasteiger partial charge >= 0.3 is 0 Å². The van der Waals surface area contributed by atoms with Crippen LogP contribution < -0.4 is 5.32 Å². The van der Waals surface area contributed by atoms with Gasteiger partial charge in [0.05, 0.1) is 24.1 Å². The molecule has 1 aromatic carbocycles. The second kappa shape index (κ2) is 10.0. The molecule has 0 radical (unpaired) electrons. The molecule has 3 heterocycles. The molecule has 3 aromatic rings. The van der Waals surface area contributed by atoms with Gasteiger partial charge in [0.1, 0.15) is 11.1 Å². The van der Waals surface area contributed by atoms with E-state index >= 15 is 0 Å². The molecule has 0 saturated carbocycles. The van der Waals surface area contributed by atoms with E-state index in [0.717, 1.165) is 21.7 Å². The predicted molar refractivity (Wildman–Crippen MR) is 128 cm³/mol. The Morgan fingerprint density at radius 1 is 1.30 bits per heavy atom. The molecule has 0 fully saturated rings. The highest BCUT2D eigenvalue weighted by Crippen LogP contribution is 2.37. The minimum absolute atomic E-state index is 0.0821. The van der Waals surface area contributed by atoms with Crippen molar-refractivity contribution >= 4 is 28.2 Å². The lowest BCUT2D eigenvalue weighted by Gasteiger charge is -2.27. The molecule has 8 heteroatoms. The second-order valence-corrected chi connectivity index (χ2v) is 9.56. The minimum Gasteiger partial charge on any atom is -0.337 e. The number of nitriles is 1. The molecule has 1 N–H and O–H groups in total. The van der Waals surface area contributed by atoms with Gasteiger partial charge in [-0.15, -0.1) is 11.3 Å². The highest BCUT2D eigenvalue weighted by molar-refractivity contribution is 7.16. The summed E-state index contributed by atoms with van der Waals surface area (Å²) in [7, 11) is 0. The lowest BCUT2D eigenvalue weighted by atomic mass is 9.97. The predicted octanol–water partition coefficient (Wildman–Crippen LogP) is 4.23. The zero-order valence-corrected chi connectivity index (χ0v) is 19.7. The number of carbonyl (C=O) groups excluding carboxylic acids is 2. The first-order chi connectivity index (χ1) is 15.9. The van der Waals surface area contributed by atoms with E-state index in [1.165, 1.54) is 11.3 Å². The maximum Gasteiger partial charge on any atom is 0.225 e. The monoisotopic (exact) mass is 461 g/mol. The molecule has 170 valence electrons. The SMILES string of the molecule is Cc1cn(CCC(=O)N2CCc3c(sc(NC(=O)C[C@H](C)c4ccccc4)c3C#N)C2)cn1. The van der Waals surface area contributed by atoms with Crippen molar-refractivity contribution in [3.8, 4) is 6.07 Å². The summed E-state index contributed by atoms with van der Waals surface area (Å²) in [6.45, 7) is 5.60. The molecule has 7 nitrogen and oxygen atoms in total. The number of hydrogen-bond acceptors (Lipinski definition) is 5. The van der Waals surface area contributed by atoms with Crippen molar-refractivity contribution in [2.24, 2.45) is 0 Å². The van der Waals surface area contributed by atoms with Gasteiger partial charge in [0.25, 0.3) is 0 Å². The van der Waals surface area contributed by atoms with Crippen LogP contribution in [0.2, 0.25) is 0 Å². The Labute approximate surface area is 197 Å². The summed E-state index contributed by atoms with van der Waals surface area (Å²) in [5.74, 6) is 0.0601. The fourth-order valence-corrected chi connectivity index (χ4v) is 5.38. The van der Waals surface area contributed by atoms with E-state index < -0.39 is 0 Å². The van der Waals surface area contributed by atoms with Gasteiger partial charge in [-0.2, -0.15) is 5.26 Å². The average Bonchev–Trinajstić information content (AvgIpc) is 3.39. The van der Waals surface area contributed by atoms with Crippen LogP contribution in [0.1, 0.15) is 52.9 Å². The molecule has 33 heavy (non-hydrogen) atoms. The van der Waals surface area contributed by atoms with Gasteiger partial charge in [0.15, 0.2) is 0 Å². The van der Waals surface area contributed by atoms with Crippen LogP contribution >= 0.6 is 11.3 Å². The van der Waals surface area contributed by atoms with E-state index in [-0.39, 0.29) is 17.7 Å². The smallest absolute Gasteiger partial charge is 0.225 e. The van der Waals surface area contributed by atoms with E-state index in [9.17, 15) is 14.9 Å². The van der Waals surface area contributed by atoms with Crippen molar-refractivity contribution in [2.45, 2.75) is 52.1 Å². The standard InChI is InChI=1S/C25H27N5O2S/c1-17(19-6-4-3-5-7-19)12-23(31)28-25-21(13-26)20-8-11-30(15-22(20)33-25)24(32)9-10-29-14-18(2)27-16-29/h3-7,14,16-17H,8-12,15H2,1-2H3,(H,28,31)/t17-/m0/s1. The number of anilines is 1. The third-order valence-corrected chi connectivity index (χ3v) is 7.11. The molecule has 0 bridgehead atoms. The Morgan fingerprint density at radius 3 is 2.79 bits per heavy atom. The largest absolute Gasteiger partial charge is 0.337 e. The first-order valence-electron chi connectivity index (χ1n) is 11.1. The second-order valence-electron chi connectivity index (χ2n) is 8.45. The number of benzene rings is 1. The Kier molecular flexibility index (Phi) is 6.90. The third-order valence-electron chi connectivity index (χ3n) is 5.98. The van der Waals surface area contributed by atoms with Crippen molar-refractivity contribution in [3.63, 3.8) is 0 Å². The summed E-state index contributed by atoms with van der Waals surface area (Å²) >= 11 is 1.41. The molecule has 0 spiro atoms. The molecule has 0 aliphatic carbocycles. The van der Waals surface area contributed by atoms with Crippen molar-refractivity contribution in [2.75, 3.05) is 11.9 Å². The lowest BCUT2D eigenvalue weighted by molar-refractivity contribution is -0.132. The Morgan fingerprint density at radius 2 is 2.09 bits per heavy atom. The number of imidazole rings is 1. The van der Waals surface area contributed by atoms with Crippen LogP contribution in [0.3, 0.4) is 0 Å². The number of aryl methyl sites for hydroxylation is 2. The molecule has 1 atom stereocenters. The average molecular weight is 462 g/mol. The number of fused-ring (bicyclic) bond motifs is 1. The van der Waals surface area contributed by atoms with Crippen LogP contribution in [0.15, 0.2) is 42.9 Å². The summed E-state index contributed by atoms with van der Waals surface area (Å²) in [5.41, 5.74) is 3.54. The molecule has 1 aliphatic rings. The van der Waals surface area contributed by atoms with Crippen LogP contribution in [-0.4, -0.2) is 32.8 Å². The quantitative estimate of drug-likeness (QED) is 0.570. The topological polar surface area (TPSA) is 91.0 Å². The number of aromatic nitrogens is 2. The molecule has 0 unspecified atom stereocenters. The number of hydrogen-bond donors (Lipinski definition) is 1. The van der Waals surface area contributed by atoms with Crippen LogP contribution in [0.25, 0.3) is 0 Å². The van der Waals surface area contributed by atoms with Crippen LogP contribution in [0.4, 0.5) is 5.00 Å². The van der Waals surface area contributed by atoms with E-state index in [0.29, 0.717) is 49.5 Å². The van der Waals surface area contributed by atoms with Crippen molar-refractivity contribution in [1.82, 2.24) is 14.5 Å². The number of thiophene rings is 1. The number of nitrogens with one attached hydrogen (secondary N) is 1. The van der Waals surface area contributed by atoms with Gasteiger partial charge in [0.2, 0.25) is 11.8 Å². The van der Waals surface area contributed by atoms with Gasteiger partial charge in [-0.25, -0.2) is 4.98 Å². The maximum absolute atomic E-state index is 12.7. The van der Waals surface area contributed by atoms with E-state index in [1.807, 2.05) is 59.8 Å². The summed E-state index contributed by atoms with van der Waals surface area (Å²) in [6, 6.07) is 12.2. The van der Waals surface area contributed by atoms with Gasteiger partial charge in [-0.05, 0) is 30.4 Å².